The number of fused-ring (bicyclic) bond motifs is 1. The Morgan fingerprint density at radius 1 is 1.09 bits per heavy atom. The topological polar surface area (TPSA) is 68.5 Å². The van der Waals surface area contributed by atoms with E-state index in [1.807, 2.05) is 62.4 Å². The van der Waals surface area contributed by atoms with Crippen LogP contribution in [0.15, 0.2) is 65.1 Å². The fourth-order valence-corrected chi connectivity index (χ4v) is 4.03. The molecule has 0 aliphatic rings. The molecule has 33 heavy (non-hydrogen) atoms. The Hall–Kier alpha value is -3.38. The van der Waals surface area contributed by atoms with Crippen molar-refractivity contribution in [1.29, 1.82) is 0 Å². The molecule has 7 heteroatoms. The molecule has 0 saturated carbocycles. The minimum atomic E-state index is -0.311. The van der Waals surface area contributed by atoms with Gasteiger partial charge >= 0.3 is 0 Å². The lowest BCUT2D eigenvalue weighted by Gasteiger charge is -2.24. The SMILES string of the molecule is CCCN(Cc1nnc(-c2ccccc2Cl)o1)C(=O)[C@@H](C)c1ccc2cc(OC)ccc2c1. The maximum atomic E-state index is 13.4. The van der Waals surface area contributed by atoms with Crippen molar-refractivity contribution >= 4 is 28.3 Å². The predicted octanol–water partition coefficient (Wildman–Crippen LogP) is 6.09. The van der Waals surface area contributed by atoms with Crippen LogP contribution in [0.5, 0.6) is 5.75 Å². The molecule has 0 saturated heterocycles. The summed E-state index contributed by atoms with van der Waals surface area (Å²) in [4.78, 5) is 15.2. The van der Waals surface area contributed by atoms with Crippen LogP contribution in [0.1, 0.15) is 37.6 Å². The van der Waals surface area contributed by atoms with Crippen LogP contribution >= 0.6 is 11.6 Å². The third-order valence-electron chi connectivity index (χ3n) is 5.64. The molecule has 1 aromatic heterocycles. The second kappa shape index (κ2) is 10.0. The molecular weight excluding hydrogens is 438 g/mol. The second-order valence-electron chi connectivity index (χ2n) is 7.93. The molecule has 0 aliphatic heterocycles. The zero-order valence-electron chi connectivity index (χ0n) is 18.9. The van der Waals surface area contributed by atoms with Gasteiger partial charge in [0.15, 0.2) is 0 Å². The third kappa shape index (κ3) is 5.01. The van der Waals surface area contributed by atoms with Gasteiger partial charge in [0.05, 0.1) is 30.2 Å². The molecular formula is C26H26ClN3O3. The quantitative estimate of drug-likeness (QED) is 0.316. The van der Waals surface area contributed by atoms with Crippen LogP contribution in [0.4, 0.5) is 0 Å². The zero-order chi connectivity index (χ0) is 23.4. The number of aromatic nitrogens is 2. The van der Waals surface area contributed by atoms with Crippen LogP contribution < -0.4 is 4.74 Å². The highest BCUT2D eigenvalue weighted by Crippen LogP contribution is 2.28. The van der Waals surface area contributed by atoms with E-state index in [9.17, 15) is 4.79 Å². The molecule has 0 spiro atoms. The first-order valence-corrected chi connectivity index (χ1v) is 11.3. The van der Waals surface area contributed by atoms with Crippen molar-refractivity contribution in [3.8, 4) is 17.2 Å². The minimum absolute atomic E-state index is 0.0159. The van der Waals surface area contributed by atoms with Gasteiger partial charge in [-0.05, 0) is 53.9 Å². The summed E-state index contributed by atoms with van der Waals surface area (Å²) in [5.74, 6) is 1.24. The van der Waals surface area contributed by atoms with Gasteiger partial charge in [-0.25, -0.2) is 0 Å². The van der Waals surface area contributed by atoms with Gasteiger partial charge in [0.2, 0.25) is 17.7 Å². The van der Waals surface area contributed by atoms with E-state index < -0.39 is 0 Å². The van der Waals surface area contributed by atoms with E-state index in [1.165, 1.54) is 0 Å². The minimum Gasteiger partial charge on any atom is -0.497 e. The maximum absolute atomic E-state index is 13.4. The fraction of sp³-hybridized carbons (Fsp3) is 0.269. The molecule has 4 rings (SSSR count). The van der Waals surface area contributed by atoms with Gasteiger partial charge in [0.1, 0.15) is 5.75 Å². The van der Waals surface area contributed by atoms with Gasteiger partial charge in [-0.2, -0.15) is 0 Å². The number of rotatable bonds is 8. The third-order valence-corrected chi connectivity index (χ3v) is 5.97. The number of methoxy groups -OCH3 is 1. The summed E-state index contributed by atoms with van der Waals surface area (Å²) in [6.07, 6.45) is 0.821. The van der Waals surface area contributed by atoms with E-state index >= 15 is 0 Å². The Balaban J connectivity index is 1.53. The van der Waals surface area contributed by atoms with E-state index in [-0.39, 0.29) is 18.4 Å². The maximum Gasteiger partial charge on any atom is 0.249 e. The Bertz CT molecular complexity index is 1270. The Labute approximate surface area is 198 Å². The molecule has 3 aromatic carbocycles. The normalized spacial score (nSPS) is 12.0. The van der Waals surface area contributed by atoms with E-state index in [4.69, 9.17) is 20.8 Å². The lowest BCUT2D eigenvalue weighted by atomic mass is 9.96. The van der Waals surface area contributed by atoms with Crippen molar-refractivity contribution in [2.45, 2.75) is 32.7 Å². The number of hydrogen-bond acceptors (Lipinski definition) is 5. The lowest BCUT2D eigenvalue weighted by Crippen LogP contribution is -2.34. The summed E-state index contributed by atoms with van der Waals surface area (Å²) in [7, 11) is 1.65. The van der Waals surface area contributed by atoms with Crippen LogP contribution in [0, 0.1) is 0 Å². The van der Waals surface area contributed by atoms with Crippen molar-refractivity contribution in [2.24, 2.45) is 0 Å². The van der Waals surface area contributed by atoms with Crippen LogP contribution in [-0.2, 0) is 11.3 Å². The molecule has 6 nitrogen and oxygen atoms in total. The number of carbonyl (C=O) groups excluding carboxylic acids is 1. The molecule has 0 radical (unpaired) electrons. The smallest absolute Gasteiger partial charge is 0.249 e. The van der Waals surface area contributed by atoms with Crippen molar-refractivity contribution in [2.75, 3.05) is 13.7 Å². The number of amides is 1. The van der Waals surface area contributed by atoms with Crippen LogP contribution in [-0.4, -0.2) is 34.7 Å². The summed E-state index contributed by atoms with van der Waals surface area (Å²) >= 11 is 6.24. The summed E-state index contributed by atoms with van der Waals surface area (Å²) in [5.41, 5.74) is 1.63. The first kappa shape index (κ1) is 22.8. The Kier molecular flexibility index (Phi) is 6.94. The molecule has 1 heterocycles. The van der Waals surface area contributed by atoms with Gasteiger partial charge in [-0.1, -0.05) is 54.9 Å². The highest BCUT2D eigenvalue weighted by atomic mass is 35.5. The monoisotopic (exact) mass is 463 g/mol. The average molecular weight is 464 g/mol. The predicted molar refractivity (Wildman–Crippen MR) is 129 cm³/mol. The van der Waals surface area contributed by atoms with Crippen molar-refractivity contribution in [1.82, 2.24) is 15.1 Å². The highest BCUT2D eigenvalue weighted by molar-refractivity contribution is 6.33. The summed E-state index contributed by atoms with van der Waals surface area (Å²) in [6, 6.07) is 19.3. The number of halogens is 1. The molecule has 1 amide bonds. The second-order valence-corrected chi connectivity index (χ2v) is 8.34. The first-order chi connectivity index (χ1) is 16.0. The van der Waals surface area contributed by atoms with Gasteiger partial charge in [-0.15, -0.1) is 10.2 Å². The molecule has 0 fully saturated rings. The molecule has 1 atom stereocenters. The number of ether oxygens (including phenoxy) is 1. The van der Waals surface area contributed by atoms with Gasteiger partial charge in [0.25, 0.3) is 0 Å². The van der Waals surface area contributed by atoms with E-state index in [2.05, 4.69) is 16.3 Å². The van der Waals surface area contributed by atoms with Crippen LogP contribution in [0.25, 0.3) is 22.2 Å². The number of nitrogens with zero attached hydrogens (tertiary/aromatic N) is 3. The molecule has 0 aliphatic carbocycles. The average Bonchev–Trinajstić information content (AvgIpc) is 3.30. The largest absolute Gasteiger partial charge is 0.497 e. The molecule has 4 aromatic rings. The molecule has 0 N–H and O–H groups in total. The zero-order valence-corrected chi connectivity index (χ0v) is 19.7. The van der Waals surface area contributed by atoms with Crippen molar-refractivity contribution in [3.63, 3.8) is 0 Å². The van der Waals surface area contributed by atoms with Crippen LogP contribution in [0.2, 0.25) is 5.02 Å². The van der Waals surface area contributed by atoms with E-state index in [0.717, 1.165) is 28.5 Å². The summed E-state index contributed by atoms with van der Waals surface area (Å²) in [6.45, 7) is 4.81. The van der Waals surface area contributed by atoms with Crippen LogP contribution in [0.3, 0.4) is 0 Å². The Morgan fingerprint density at radius 3 is 2.61 bits per heavy atom. The van der Waals surface area contributed by atoms with E-state index in [1.54, 1.807) is 18.1 Å². The highest BCUT2D eigenvalue weighted by Gasteiger charge is 2.24. The van der Waals surface area contributed by atoms with Gasteiger partial charge < -0.3 is 14.1 Å². The fourth-order valence-electron chi connectivity index (χ4n) is 3.82. The summed E-state index contributed by atoms with van der Waals surface area (Å²) < 4.78 is 11.1. The van der Waals surface area contributed by atoms with Gasteiger partial charge in [0, 0.05) is 6.54 Å². The number of benzene rings is 3. The number of carbonyl (C=O) groups is 1. The van der Waals surface area contributed by atoms with E-state index in [0.29, 0.717) is 28.9 Å². The van der Waals surface area contributed by atoms with Crippen molar-refractivity contribution < 1.29 is 13.9 Å². The van der Waals surface area contributed by atoms with Gasteiger partial charge in [-0.3, -0.25) is 4.79 Å². The first-order valence-electron chi connectivity index (χ1n) is 10.9. The number of hydrogen-bond donors (Lipinski definition) is 0. The lowest BCUT2D eigenvalue weighted by molar-refractivity contribution is -0.133. The molecule has 0 bridgehead atoms. The molecule has 170 valence electrons. The van der Waals surface area contributed by atoms with Crippen molar-refractivity contribution in [3.05, 3.63) is 77.1 Å². The standard InChI is InChI=1S/C26H26ClN3O3/c1-4-13-30(16-24-28-29-25(33-24)22-7-5-6-8-23(22)27)26(31)17(2)18-9-10-20-15-21(32-3)12-11-19(20)14-18/h5-12,14-15,17H,4,13,16H2,1-3H3/t17-/m0/s1. The Morgan fingerprint density at radius 2 is 1.85 bits per heavy atom. The summed E-state index contributed by atoms with van der Waals surface area (Å²) in [5, 5.41) is 10.9. The molecule has 0 unspecified atom stereocenters.